The summed E-state index contributed by atoms with van der Waals surface area (Å²) in [5.74, 6) is 0.242. The molecule has 2 aliphatic carbocycles. The number of aryl methyl sites for hydroxylation is 2. The zero-order chi connectivity index (χ0) is 32.7. The lowest BCUT2D eigenvalue weighted by Gasteiger charge is -2.14. The molecule has 0 unspecified atom stereocenters. The summed E-state index contributed by atoms with van der Waals surface area (Å²) in [6.07, 6.45) is 6.47. The number of methoxy groups -OCH3 is 2. The zero-order valence-corrected chi connectivity index (χ0v) is 26.5. The van der Waals surface area contributed by atoms with Crippen LogP contribution in [-0.2, 0) is 25.7 Å². The van der Waals surface area contributed by atoms with E-state index in [0.29, 0.717) is 5.75 Å². The van der Waals surface area contributed by atoms with Gasteiger partial charge in [-0.15, -0.1) is 0 Å². The van der Waals surface area contributed by atoms with Gasteiger partial charge >= 0.3 is 0 Å². The summed E-state index contributed by atoms with van der Waals surface area (Å²) >= 11 is 16.6. The van der Waals surface area contributed by atoms with Gasteiger partial charge in [-0.25, -0.2) is 18.7 Å². The van der Waals surface area contributed by atoms with Crippen LogP contribution in [0.15, 0.2) is 36.4 Å². The third kappa shape index (κ3) is 8.03. The number of nitriles is 2. The Morgan fingerprint density at radius 2 is 1.27 bits per heavy atom. The van der Waals surface area contributed by atoms with Gasteiger partial charge in [-0.05, 0) is 85.0 Å². The normalized spacial score (nSPS) is 12.3. The number of ether oxygens (including phenoxy) is 2. The minimum Gasteiger partial charge on any atom is -0.497 e. The zero-order valence-electron chi connectivity index (χ0n) is 24.3. The molecule has 232 valence electrons. The molecular formula is C32H27Cl3F2N6O2. The number of hydrogen-bond donors (Lipinski definition) is 2. The second kappa shape index (κ2) is 15.1. The van der Waals surface area contributed by atoms with Gasteiger partial charge in [-0.2, -0.15) is 10.5 Å². The van der Waals surface area contributed by atoms with Crippen LogP contribution in [0.5, 0.6) is 11.5 Å². The number of nitrogens with zero attached hydrogens (tertiary/aromatic N) is 4. The summed E-state index contributed by atoms with van der Waals surface area (Å²) in [5, 5.41) is 19.7. The molecule has 0 atom stereocenters. The van der Waals surface area contributed by atoms with Crippen LogP contribution >= 0.6 is 34.8 Å². The molecule has 0 spiro atoms. The van der Waals surface area contributed by atoms with Crippen LogP contribution in [0.25, 0.3) is 0 Å². The molecule has 3 N–H and O–H groups in total. The summed E-state index contributed by atoms with van der Waals surface area (Å²) in [4.78, 5) is 7.31. The van der Waals surface area contributed by atoms with Crippen molar-refractivity contribution in [3.05, 3.63) is 96.9 Å². The standard InChI is InChI=1S/C16H13ClFN3O.C10H13NO.C6HCl2FN2/c1-22-11-5-9-3-2-4-12(9)14(7-11)20-16-13(18)6-10(8-19)15(17)21-16;1-12-8-5-7-3-2-4-9(7)10(11)6-8;7-5-3(2-10)1-4(9)6(8)11-5/h5-7H,2-4H2,1H3,(H,20,21);5-6H,2-4,11H2,1H3;1H. The Balaban J connectivity index is 0.000000169. The molecule has 4 aromatic rings. The number of nitrogens with two attached hydrogens (primary N) is 1. The molecule has 0 saturated heterocycles. The van der Waals surface area contributed by atoms with E-state index in [1.165, 1.54) is 23.1 Å². The first-order valence-corrected chi connectivity index (χ1v) is 14.8. The van der Waals surface area contributed by atoms with E-state index in [1.54, 1.807) is 26.4 Å². The van der Waals surface area contributed by atoms with Gasteiger partial charge in [0.1, 0.15) is 33.9 Å². The number of fused-ring (bicyclic) bond motifs is 2. The average molecular weight is 672 g/mol. The van der Waals surface area contributed by atoms with Gasteiger partial charge in [0.2, 0.25) is 0 Å². The molecule has 0 bridgehead atoms. The second-order valence-corrected chi connectivity index (χ2v) is 11.1. The van der Waals surface area contributed by atoms with Crippen LogP contribution < -0.4 is 20.5 Å². The van der Waals surface area contributed by atoms with Crippen molar-refractivity contribution in [2.45, 2.75) is 38.5 Å². The van der Waals surface area contributed by atoms with Crippen molar-refractivity contribution in [2.75, 3.05) is 25.3 Å². The number of anilines is 3. The Labute approximate surface area is 274 Å². The fourth-order valence-electron chi connectivity index (χ4n) is 5.02. The number of pyridine rings is 2. The largest absolute Gasteiger partial charge is 0.497 e. The van der Waals surface area contributed by atoms with Gasteiger partial charge in [-0.1, -0.05) is 34.8 Å². The highest BCUT2D eigenvalue weighted by atomic mass is 35.5. The number of hydrogen-bond acceptors (Lipinski definition) is 8. The molecule has 2 aromatic carbocycles. The highest BCUT2D eigenvalue weighted by Gasteiger charge is 2.19. The first kappa shape index (κ1) is 33.5. The molecule has 2 heterocycles. The predicted octanol–water partition coefficient (Wildman–Crippen LogP) is 8.15. The van der Waals surface area contributed by atoms with Crippen LogP contribution in [0.2, 0.25) is 15.5 Å². The van der Waals surface area contributed by atoms with E-state index >= 15 is 0 Å². The molecule has 0 radical (unpaired) electrons. The monoisotopic (exact) mass is 670 g/mol. The van der Waals surface area contributed by atoms with Crippen LogP contribution in [0.4, 0.5) is 26.0 Å². The number of rotatable bonds is 4. The summed E-state index contributed by atoms with van der Waals surface area (Å²) in [6.45, 7) is 0. The fraction of sp³-hybridized carbons (Fsp3) is 0.250. The van der Waals surface area contributed by atoms with Gasteiger partial charge < -0.3 is 20.5 Å². The van der Waals surface area contributed by atoms with E-state index < -0.39 is 11.6 Å². The Morgan fingerprint density at radius 1 is 0.733 bits per heavy atom. The smallest absolute Gasteiger partial charge is 0.168 e. The number of aromatic nitrogens is 2. The van der Waals surface area contributed by atoms with Crippen LogP contribution in [0.1, 0.15) is 46.2 Å². The van der Waals surface area contributed by atoms with E-state index in [1.807, 2.05) is 18.2 Å². The minimum absolute atomic E-state index is 0.00588. The minimum atomic E-state index is -0.743. The molecule has 0 fully saturated rings. The first-order valence-electron chi connectivity index (χ1n) is 13.7. The number of nitrogens with one attached hydrogen (secondary N) is 1. The summed E-state index contributed by atoms with van der Waals surface area (Å²) in [5.41, 5.74) is 12.6. The van der Waals surface area contributed by atoms with E-state index in [4.69, 9.17) is 60.5 Å². The van der Waals surface area contributed by atoms with Crippen molar-refractivity contribution in [1.82, 2.24) is 9.97 Å². The number of benzene rings is 2. The van der Waals surface area contributed by atoms with Gasteiger partial charge in [0, 0.05) is 23.5 Å². The van der Waals surface area contributed by atoms with Crippen LogP contribution in [-0.4, -0.2) is 24.2 Å². The summed E-state index contributed by atoms with van der Waals surface area (Å²) < 4.78 is 37.0. The lowest BCUT2D eigenvalue weighted by molar-refractivity contribution is 0.414. The van der Waals surface area contributed by atoms with E-state index in [-0.39, 0.29) is 32.4 Å². The van der Waals surface area contributed by atoms with Crippen molar-refractivity contribution in [1.29, 1.82) is 10.5 Å². The Bertz CT molecular complexity index is 1830. The van der Waals surface area contributed by atoms with Gasteiger partial charge in [0.05, 0.1) is 25.3 Å². The Kier molecular flexibility index (Phi) is 11.2. The molecular weight excluding hydrogens is 645 g/mol. The average Bonchev–Trinajstić information content (AvgIpc) is 3.71. The Hall–Kier alpha value is -4.35. The number of halogens is 5. The summed E-state index contributed by atoms with van der Waals surface area (Å²) in [6, 6.07) is 13.3. The van der Waals surface area contributed by atoms with Crippen molar-refractivity contribution in [2.24, 2.45) is 0 Å². The molecule has 13 heteroatoms. The van der Waals surface area contributed by atoms with Crippen molar-refractivity contribution in [3.8, 4) is 23.6 Å². The topological polar surface area (TPSA) is 130 Å². The van der Waals surface area contributed by atoms with Crippen molar-refractivity contribution in [3.63, 3.8) is 0 Å². The maximum absolute atomic E-state index is 14.1. The third-order valence-corrected chi connectivity index (χ3v) is 8.03. The quantitative estimate of drug-likeness (QED) is 0.164. The lowest BCUT2D eigenvalue weighted by atomic mass is 10.1. The van der Waals surface area contributed by atoms with Crippen LogP contribution in [0, 0.1) is 34.3 Å². The van der Waals surface area contributed by atoms with Crippen molar-refractivity contribution < 1.29 is 18.3 Å². The maximum atomic E-state index is 14.1. The molecule has 45 heavy (non-hydrogen) atoms. The lowest BCUT2D eigenvalue weighted by Crippen LogP contribution is -2.02. The maximum Gasteiger partial charge on any atom is 0.168 e. The Morgan fingerprint density at radius 3 is 1.87 bits per heavy atom. The number of nitrogen functional groups attached to an aromatic ring is 1. The molecule has 6 rings (SSSR count). The van der Waals surface area contributed by atoms with Crippen LogP contribution in [0.3, 0.4) is 0 Å². The molecule has 2 aromatic heterocycles. The van der Waals surface area contributed by atoms with Crippen molar-refractivity contribution >= 4 is 52.0 Å². The van der Waals surface area contributed by atoms with E-state index in [9.17, 15) is 8.78 Å². The molecule has 8 nitrogen and oxygen atoms in total. The second-order valence-electron chi connectivity index (χ2n) is 9.98. The molecule has 0 saturated carbocycles. The highest BCUT2D eigenvalue weighted by Crippen LogP contribution is 2.36. The van der Waals surface area contributed by atoms with Gasteiger partial charge in [0.25, 0.3) is 0 Å². The first-order chi connectivity index (χ1) is 21.6. The molecule has 0 aliphatic heterocycles. The van der Waals surface area contributed by atoms with E-state index in [0.717, 1.165) is 66.9 Å². The predicted molar refractivity (Wildman–Crippen MR) is 171 cm³/mol. The summed E-state index contributed by atoms with van der Waals surface area (Å²) in [7, 11) is 3.27. The SMILES string of the molecule is COc1cc(N)c2c(c1)CCC2.COc1cc2c(c(Nc3nc(Cl)c(C#N)cc3F)c1)CCC2.N#Cc1cc(F)c(Cl)nc1Cl. The van der Waals surface area contributed by atoms with Gasteiger partial charge in [0.15, 0.2) is 22.6 Å². The molecule has 0 amide bonds. The molecule has 2 aliphatic rings. The third-order valence-electron chi connectivity index (χ3n) is 7.19. The fourth-order valence-corrected chi connectivity index (χ4v) is 5.56. The van der Waals surface area contributed by atoms with E-state index in [2.05, 4.69) is 21.4 Å². The highest BCUT2D eigenvalue weighted by molar-refractivity contribution is 6.33. The van der Waals surface area contributed by atoms with Gasteiger partial charge in [-0.3, -0.25) is 0 Å².